The number of hydrogen-bond donors (Lipinski definition) is 2. The smallest absolute Gasteiger partial charge is 0.217 e. The highest BCUT2D eigenvalue weighted by Crippen LogP contribution is 2.07. The molecule has 1 rings (SSSR count). The van der Waals surface area contributed by atoms with Crippen LogP contribution in [0.15, 0.2) is 0 Å². The van der Waals surface area contributed by atoms with E-state index >= 15 is 0 Å². The summed E-state index contributed by atoms with van der Waals surface area (Å²) in [5.41, 5.74) is 5.43. The zero-order valence-electron chi connectivity index (χ0n) is 7.55. The first kappa shape index (κ1) is 9.48. The monoisotopic (exact) mass is 171 g/mol. The van der Waals surface area contributed by atoms with Crippen LogP contribution in [0.2, 0.25) is 0 Å². The molecule has 1 atom stereocenters. The van der Waals surface area contributed by atoms with E-state index in [4.69, 9.17) is 5.73 Å². The third kappa shape index (κ3) is 2.79. The highest BCUT2D eigenvalue weighted by Gasteiger charge is 2.21. The summed E-state index contributed by atoms with van der Waals surface area (Å²) >= 11 is 0. The molecule has 0 unspecified atom stereocenters. The molecule has 1 amide bonds. The van der Waals surface area contributed by atoms with E-state index in [0.717, 1.165) is 26.1 Å². The summed E-state index contributed by atoms with van der Waals surface area (Å²) in [6.07, 6.45) is 1.06. The summed E-state index contributed by atoms with van der Waals surface area (Å²) in [7, 11) is 0. The van der Waals surface area contributed by atoms with Gasteiger partial charge in [-0.15, -0.1) is 0 Å². The summed E-state index contributed by atoms with van der Waals surface area (Å²) in [5, 5.41) is 2.91. The second-order valence-corrected chi connectivity index (χ2v) is 3.28. The summed E-state index contributed by atoms with van der Waals surface area (Å²) in [4.78, 5) is 13.0. The van der Waals surface area contributed by atoms with E-state index in [1.54, 1.807) is 6.92 Å². The van der Waals surface area contributed by atoms with Crippen LogP contribution in [0, 0.1) is 0 Å². The van der Waals surface area contributed by atoms with Crippen LogP contribution < -0.4 is 11.1 Å². The second-order valence-electron chi connectivity index (χ2n) is 3.28. The molecule has 1 aliphatic rings. The van der Waals surface area contributed by atoms with Gasteiger partial charge in [-0.3, -0.25) is 9.69 Å². The molecule has 0 aromatic rings. The summed E-state index contributed by atoms with van der Waals surface area (Å²) < 4.78 is 0. The molecule has 1 heterocycles. The molecule has 1 fully saturated rings. The van der Waals surface area contributed by atoms with E-state index in [-0.39, 0.29) is 5.91 Å². The van der Waals surface area contributed by atoms with Crippen molar-refractivity contribution in [2.24, 2.45) is 5.73 Å². The number of nitrogens with one attached hydrogen (secondary N) is 1. The fourth-order valence-electron chi connectivity index (χ4n) is 1.62. The minimum atomic E-state index is 0.0644. The number of carbonyl (C=O) groups excluding carboxylic acids is 1. The van der Waals surface area contributed by atoms with Crippen molar-refractivity contribution in [3.8, 4) is 0 Å². The van der Waals surface area contributed by atoms with Gasteiger partial charge in [0.25, 0.3) is 0 Å². The first-order valence-corrected chi connectivity index (χ1v) is 4.42. The lowest BCUT2D eigenvalue weighted by Crippen LogP contribution is -2.36. The molecule has 0 aliphatic carbocycles. The van der Waals surface area contributed by atoms with Crippen LogP contribution in [0.5, 0.6) is 0 Å². The van der Waals surface area contributed by atoms with Crippen LogP contribution >= 0.6 is 0 Å². The predicted octanol–water partition coefficient (Wildman–Crippen LogP) is -0.844. The average molecular weight is 171 g/mol. The van der Waals surface area contributed by atoms with E-state index in [1.807, 2.05) is 0 Å². The Hall–Kier alpha value is -0.610. The van der Waals surface area contributed by atoms with Gasteiger partial charge in [0.05, 0.1) is 0 Å². The first-order chi connectivity index (χ1) is 5.72. The predicted molar refractivity (Wildman–Crippen MR) is 47.7 cm³/mol. The van der Waals surface area contributed by atoms with E-state index in [0.29, 0.717) is 12.6 Å². The molecule has 3 N–H and O–H groups in total. The molecule has 0 aromatic heterocycles. The Bertz CT molecular complexity index is 160. The first-order valence-electron chi connectivity index (χ1n) is 4.42. The Labute approximate surface area is 73.1 Å². The summed E-state index contributed by atoms with van der Waals surface area (Å²) in [5.74, 6) is 0.0644. The lowest BCUT2D eigenvalue weighted by atomic mass is 10.3. The van der Waals surface area contributed by atoms with Crippen molar-refractivity contribution in [1.82, 2.24) is 10.2 Å². The van der Waals surface area contributed by atoms with Crippen molar-refractivity contribution >= 4 is 5.91 Å². The van der Waals surface area contributed by atoms with E-state index in [9.17, 15) is 4.79 Å². The van der Waals surface area contributed by atoms with Crippen LogP contribution in [-0.2, 0) is 4.79 Å². The highest BCUT2D eigenvalue weighted by molar-refractivity contribution is 5.73. The molecule has 0 bridgehead atoms. The van der Waals surface area contributed by atoms with Gasteiger partial charge in [-0.05, 0) is 6.42 Å². The Balaban J connectivity index is 2.21. The number of hydrogen-bond acceptors (Lipinski definition) is 3. The minimum Gasteiger partial charge on any atom is -0.352 e. The third-order valence-corrected chi connectivity index (χ3v) is 2.13. The minimum absolute atomic E-state index is 0.0644. The van der Waals surface area contributed by atoms with Crippen molar-refractivity contribution < 1.29 is 4.79 Å². The van der Waals surface area contributed by atoms with Gasteiger partial charge in [0.15, 0.2) is 0 Å². The Kier molecular flexibility index (Phi) is 3.49. The van der Waals surface area contributed by atoms with Crippen LogP contribution in [0.3, 0.4) is 0 Å². The van der Waals surface area contributed by atoms with Crippen molar-refractivity contribution in [3.05, 3.63) is 0 Å². The van der Waals surface area contributed by atoms with Gasteiger partial charge in [0.1, 0.15) is 0 Å². The Morgan fingerprint density at radius 1 is 1.75 bits per heavy atom. The lowest BCUT2D eigenvalue weighted by Gasteiger charge is -2.14. The zero-order chi connectivity index (χ0) is 8.97. The molecule has 4 heteroatoms. The van der Waals surface area contributed by atoms with E-state index in [1.165, 1.54) is 0 Å². The largest absolute Gasteiger partial charge is 0.352 e. The standard InChI is InChI=1S/C8H17N3O/c1-7(12)10-8-2-4-11(6-8)5-3-9/h8H,2-6,9H2,1H3,(H,10,12)/t8-/m1/s1. The van der Waals surface area contributed by atoms with Gasteiger partial charge in [0.2, 0.25) is 5.91 Å². The highest BCUT2D eigenvalue weighted by atomic mass is 16.1. The van der Waals surface area contributed by atoms with Crippen LogP contribution in [0.1, 0.15) is 13.3 Å². The number of nitrogens with zero attached hydrogens (tertiary/aromatic N) is 1. The molecule has 1 saturated heterocycles. The molecule has 12 heavy (non-hydrogen) atoms. The van der Waals surface area contributed by atoms with Crippen molar-refractivity contribution in [1.29, 1.82) is 0 Å². The number of amides is 1. The summed E-state index contributed by atoms with van der Waals surface area (Å²) in [6.45, 7) is 5.22. The zero-order valence-corrected chi connectivity index (χ0v) is 7.55. The Morgan fingerprint density at radius 3 is 3.08 bits per heavy atom. The van der Waals surface area contributed by atoms with Gasteiger partial charge < -0.3 is 11.1 Å². The molecule has 0 radical (unpaired) electrons. The SMILES string of the molecule is CC(=O)N[C@@H]1CCN(CCN)C1. The molecule has 0 saturated carbocycles. The maximum atomic E-state index is 10.7. The van der Waals surface area contributed by atoms with Gasteiger partial charge >= 0.3 is 0 Å². The quantitative estimate of drug-likeness (QED) is 0.582. The van der Waals surface area contributed by atoms with Crippen molar-refractivity contribution in [2.75, 3.05) is 26.2 Å². The third-order valence-electron chi connectivity index (χ3n) is 2.13. The number of nitrogens with two attached hydrogens (primary N) is 1. The van der Waals surface area contributed by atoms with Crippen molar-refractivity contribution in [2.45, 2.75) is 19.4 Å². The number of rotatable bonds is 3. The Morgan fingerprint density at radius 2 is 2.50 bits per heavy atom. The molecule has 1 aliphatic heterocycles. The van der Waals surface area contributed by atoms with E-state index in [2.05, 4.69) is 10.2 Å². The van der Waals surface area contributed by atoms with Crippen molar-refractivity contribution in [3.63, 3.8) is 0 Å². The lowest BCUT2D eigenvalue weighted by molar-refractivity contribution is -0.119. The molecule has 0 spiro atoms. The van der Waals surface area contributed by atoms with Crippen LogP contribution in [0.25, 0.3) is 0 Å². The van der Waals surface area contributed by atoms with E-state index < -0.39 is 0 Å². The normalized spacial score (nSPS) is 24.3. The van der Waals surface area contributed by atoms with Gasteiger partial charge in [-0.2, -0.15) is 0 Å². The maximum Gasteiger partial charge on any atom is 0.217 e. The fraction of sp³-hybridized carbons (Fsp3) is 0.875. The molecular formula is C8H17N3O. The second kappa shape index (κ2) is 4.42. The molecule has 4 nitrogen and oxygen atoms in total. The fourth-order valence-corrected chi connectivity index (χ4v) is 1.62. The number of likely N-dealkylation sites (tertiary alicyclic amines) is 1. The number of carbonyl (C=O) groups is 1. The van der Waals surface area contributed by atoms with Gasteiger partial charge in [0, 0.05) is 39.1 Å². The van der Waals surface area contributed by atoms with Crippen LogP contribution in [0.4, 0.5) is 0 Å². The average Bonchev–Trinajstić information content (AvgIpc) is 2.36. The maximum absolute atomic E-state index is 10.7. The topological polar surface area (TPSA) is 58.4 Å². The molecular weight excluding hydrogens is 154 g/mol. The molecule has 70 valence electrons. The molecule has 0 aromatic carbocycles. The van der Waals surface area contributed by atoms with Gasteiger partial charge in [-0.25, -0.2) is 0 Å². The van der Waals surface area contributed by atoms with Crippen LogP contribution in [-0.4, -0.2) is 43.0 Å². The van der Waals surface area contributed by atoms with Gasteiger partial charge in [-0.1, -0.05) is 0 Å². The summed E-state index contributed by atoms with van der Waals surface area (Å²) in [6, 6.07) is 0.342.